The molecule has 0 aliphatic carbocycles. The van der Waals surface area contributed by atoms with Crippen LogP contribution in [0.5, 0.6) is 0 Å². The van der Waals surface area contributed by atoms with Gasteiger partial charge in [0.05, 0.1) is 0 Å². The minimum atomic E-state index is -0.429. The molecule has 60 valence electrons. The summed E-state index contributed by atoms with van der Waals surface area (Å²) in [5.74, 6) is -0.168. The predicted octanol–water partition coefficient (Wildman–Crippen LogP) is -0.135. The molecule has 0 aromatic carbocycles. The first-order chi connectivity index (χ1) is 4.57. The summed E-state index contributed by atoms with van der Waals surface area (Å²) in [5, 5.41) is 8.11. The average molecular weight is 146 g/mol. The first-order valence-corrected chi connectivity index (χ1v) is 3.26. The largest absolute Gasteiger partial charge is 0.327 e. The van der Waals surface area contributed by atoms with Crippen molar-refractivity contribution >= 4 is 5.91 Å². The lowest BCUT2D eigenvalue weighted by atomic mass is 10.0. The molecule has 1 amide bonds. The van der Waals surface area contributed by atoms with Crippen molar-refractivity contribution in [2.45, 2.75) is 26.3 Å². The van der Waals surface area contributed by atoms with Gasteiger partial charge in [0.1, 0.15) is 0 Å². The van der Waals surface area contributed by atoms with E-state index in [1.165, 1.54) is 5.48 Å². The lowest BCUT2D eigenvalue weighted by Crippen LogP contribution is -2.33. The van der Waals surface area contributed by atoms with E-state index in [2.05, 4.69) is 0 Å². The Balaban J connectivity index is 3.57. The third-order valence-electron chi connectivity index (χ3n) is 1.40. The van der Waals surface area contributed by atoms with E-state index in [-0.39, 0.29) is 18.4 Å². The third kappa shape index (κ3) is 3.42. The maximum Gasteiger partial charge on any atom is 0.244 e. The fourth-order valence-corrected chi connectivity index (χ4v) is 0.495. The van der Waals surface area contributed by atoms with Crippen LogP contribution in [0.2, 0.25) is 0 Å². The minimum absolute atomic E-state index is 0.174. The van der Waals surface area contributed by atoms with E-state index in [4.69, 9.17) is 10.9 Å². The van der Waals surface area contributed by atoms with Crippen molar-refractivity contribution < 1.29 is 10.0 Å². The van der Waals surface area contributed by atoms with Crippen LogP contribution in [-0.2, 0) is 4.79 Å². The molecule has 4 N–H and O–H groups in total. The number of hydroxylamine groups is 1. The Kier molecular flexibility index (Phi) is 3.99. The second-order valence-electron chi connectivity index (χ2n) is 2.65. The molecular weight excluding hydrogens is 132 g/mol. The van der Waals surface area contributed by atoms with Gasteiger partial charge in [0.2, 0.25) is 5.91 Å². The Morgan fingerprint density at radius 2 is 2.20 bits per heavy atom. The van der Waals surface area contributed by atoms with Gasteiger partial charge in [0.25, 0.3) is 0 Å². The van der Waals surface area contributed by atoms with Crippen molar-refractivity contribution in [3.8, 4) is 0 Å². The van der Waals surface area contributed by atoms with Crippen molar-refractivity contribution in [1.82, 2.24) is 5.48 Å². The number of hydrogen-bond acceptors (Lipinski definition) is 3. The molecule has 0 aliphatic rings. The minimum Gasteiger partial charge on any atom is -0.327 e. The van der Waals surface area contributed by atoms with Gasteiger partial charge in [0.15, 0.2) is 0 Å². The van der Waals surface area contributed by atoms with Gasteiger partial charge < -0.3 is 5.73 Å². The van der Waals surface area contributed by atoms with Crippen molar-refractivity contribution in [2.24, 2.45) is 11.7 Å². The molecule has 0 saturated carbocycles. The van der Waals surface area contributed by atoms with Gasteiger partial charge in [0, 0.05) is 12.5 Å². The number of hydrogen-bond donors (Lipinski definition) is 3. The van der Waals surface area contributed by atoms with E-state index in [0.29, 0.717) is 0 Å². The van der Waals surface area contributed by atoms with E-state index < -0.39 is 5.91 Å². The van der Waals surface area contributed by atoms with Gasteiger partial charge in [-0.15, -0.1) is 0 Å². The lowest BCUT2D eigenvalue weighted by Gasteiger charge is -2.13. The Labute approximate surface area is 60.4 Å². The highest BCUT2D eigenvalue weighted by Crippen LogP contribution is 2.01. The number of nitrogens with two attached hydrogens (primary N) is 1. The first kappa shape index (κ1) is 9.39. The molecular formula is C6H14N2O2. The molecule has 0 rings (SSSR count). The van der Waals surface area contributed by atoms with Crippen LogP contribution in [0.4, 0.5) is 0 Å². The molecule has 0 aliphatic heterocycles. The summed E-state index contributed by atoms with van der Waals surface area (Å²) in [5.41, 5.74) is 7.05. The number of rotatable bonds is 3. The molecule has 4 nitrogen and oxygen atoms in total. The zero-order valence-corrected chi connectivity index (χ0v) is 6.29. The average Bonchev–Trinajstić information content (AvgIpc) is 1.87. The Hall–Kier alpha value is -0.610. The van der Waals surface area contributed by atoms with Crippen molar-refractivity contribution in [1.29, 1.82) is 0 Å². The highest BCUT2D eigenvalue weighted by atomic mass is 16.5. The summed E-state index contributed by atoms with van der Waals surface area (Å²) in [4.78, 5) is 10.5. The SMILES string of the molecule is CC(C)C(N)CC(=O)NO. The third-order valence-corrected chi connectivity index (χ3v) is 1.40. The van der Waals surface area contributed by atoms with E-state index >= 15 is 0 Å². The van der Waals surface area contributed by atoms with E-state index in [1.807, 2.05) is 13.8 Å². The van der Waals surface area contributed by atoms with Gasteiger partial charge in [-0.3, -0.25) is 10.0 Å². The van der Waals surface area contributed by atoms with Crippen LogP contribution in [-0.4, -0.2) is 17.2 Å². The fourth-order valence-electron chi connectivity index (χ4n) is 0.495. The maximum atomic E-state index is 10.5. The normalized spacial score (nSPS) is 13.3. The smallest absolute Gasteiger partial charge is 0.244 e. The maximum absolute atomic E-state index is 10.5. The van der Waals surface area contributed by atoms with Crippen molar-refractivity contribution in [3.05, 3.63) is 0 Å². The molecule has 4 heteroatoms. The molecule has 0 bridgehead atoms. The summed E-state index contributed by atoms with van der Waals surface area (Å²) in [7, 11) is 0. The summed E-state index contributed by atoms with van der Waals surface area (Å²) in [6.07, 6.45) is 0.175. The molecule has 0 aromatic heterocycles. The van der Waals surface area contributed by atoms with Crippen LogP contribution in [0.15, 0.2) is 0 Å². The molecule has 0 fully saturated rings. The van der Waals surface area contributed by atoms with Gasteiger partial charge in [-0.05, 0) is 5.92 Å². The second-order valence-corrected chi connectivity index (χ2v) is 2.65. The number of carbonyl (C=O) groups excluding carboxylic acids is 1. The van der Waals surface area contributed by atoms with Crippen molar-refractivity contribution in [3.63, 3.8) is 0 Å². The van der Waals surface area contributed by atoms with E-state index in [9.17, 15) is 4.79 Å². The first-order valence-electron chi connectivity index (χ1n) is 3.26. The molecule has 0 saturated heterocycles. The number of amides is 1. The molecule has 10 heavy (non-hydrogen) atoms. The molecule has 0 radical (unpaired) electrons. The van der Waals surface area contributed by atoms with Crippen LogP contribution in [0.1, 0.15) is 20.3 Å². The quantitative estimate of drug-likeness (QED) is 0.383. The summed E-state index contributed by atoms with van der Waals surface area (Å²) in [6, 6.07) is -0.174. The second kappa shape index (κ2) is 4.24. The number of carbonyl (C=O) groups is 1. The van der Waals surface area contributed by atoms with Crippen molar-refractivity contribution in [2.75, 3.05) is 0 Å². The fraction of sp³-hybridized carbons (Fsp3) is 0.833. The Morgan fingerprint density at radius 1 is 1.70 bits per heavy atom. The summed E-state index contributed by atoms with van der Waals surface area (Å²) >= 11 is 0. The zero-order chi connectivity index (χ0) is 8.15. The van der Waals surface area contributed by atoms with Gasteiger partial charge in [-0.2, -0.15) is 0 Å². The summed E-state index contributed by atoms with van der Waals surface area (Å²) < 4.78 is 0. The zero-order valence-electron chi connectivity index (χ0n) is 6.29. The van der Waals surface area contributed by atoms with Crippen LogP contribution in [0.3, 0.4) is 0 Å². The molecule has 0 heterocycles. The standard InChI is InChI=1S/C6H14N2O2/c1-4(2)5(7)3-6(9)8-10/h4-5,10H,3,7H2,1-2H3,(H,8,9). The van der Waals surface area contributed by atoms with Crippen LogP contribution >= 0.6 is 0 Å². The monoisotopic (exact) mass is 146 g/mol. The van der Waals surface area contributed by atoms with E-state index in [1.54, 1.807) is 0 Å². The highest BCUT2D eigenvalue weighted by Gasteiger charge is 2.11. The van der Waals surface area contributed by atoms with Gasteiger partial charge in [-0.25, -0.2) is 5.48 Å². The summed E-state index contributed by atoms with van der Waals surface area (Å²) in [6.45, 7) is 3.85. The van der Waals surface area contributed by atoms with Crippen LogP contribution in [0.25, 0.3) is 0 Å². The Bertz CT molecular complexity index is 114. The molecule has 1 unspecified atom stereocenters. The van der Waals surface area contributed by atoms with Crippen LogP contribution in [0, 0.1) is 5.92 Å². The molecule has 1 atom stereocenters. The molecule has 0 spiro atoms. The molecule has 0 aromatic rings. The Morgan fingerprint density at radius 3 is 2.50 bits per heavy atom. The van der Waals surface area contributed by atoms with Gasteiger partial charge >= 0.3 is 0 Å². The highest BCUT2D eigenvalue weighted by molar-refractivity contribution is 5.75. The number of nitrogens with one attached hydrogen (secondary N) is 1. The lowest BCUT2D eigenvalue weighted by molar-refractivity contribution is -0.129. The van der Waals surface area contributed by atoms with Gasteiger partial charge in [-0.1, -0.05) is 13.8 Å². The van der Waals surface area contributed by atoms with E-state index in [0.717, 1.165) is 0 Å². The predicted molar refractivity (Wildman–Crippen MR) is 37.4 cm³/mol. The van der Waals surface area contributed by atoms with Crippen LogP contribution < -0.4 is 11.2 Å². The topological polar surface area (TPSA) is 75.4 Å².